The van der Waals surface area contributed by atoms with Crippen molar-refractivity contribution in [3.05, 3.63) is 23.0 Å². The summed E-state index contributed by atoms with van der Waals surface area (Å²) in [4.78, 5) is 29.6. The van der Waals surface area contributed by atoms with Gasteiger partial charge in [0, 0.05) is 26.4 Å². The van der Waals surface area contributed by atoms with E-state index in [2.05, 4.69) is 10.1 Å². The standard InChI is InChI=1S/C15H20N4O4/c1-9-7-11(13-10(2)17-18(3)14(13)16-9)15(22)19(5-6-23-4)8-12(20)21/h7H,5-6,8H2,1-4H3,(H,20,21). The molecule has 2 rings (SSSR count). The van der Waals surface area contributed by atoms with E-state index in [0.29, 0.717) is 28.0 Å². The van der Waals surface area contributed by atoms with Crippen LogP contribution in [-0.2, 0) is 16.6 Å². The van der Waals surface area contributed by atoms with E-state index in [1.165, 1.54) is 12.0 Å². The Morgan fingerprint density at radius 3 is 2.70 bits per heavy atom. The second kappa shape index (κ2) is 6.74. The number of pyridine rings is 1. The lowest BCUT2D eigenvalue weighted by Crippen LogP contribution is -2.38. The van der Waals surface area contributed by atoms with Gasteiger partial charge in [-0.15, -0.1) is 0 Å². The molecule has 0 saturated carbocycles. The summed E-state index contributed by atoms with van der Waals surface area (Å²) in [5.74, 6) is -1.43. The molecule has 0 aliphatic carbocycles. The predicted octanol–water partition coefficient (Wildman–Crippen LogP) is 0.758. The zero-order chi connectivity index (χ0) is 17.1. The summed E-state index contributed by atoms with van der Waals surface area (Å²) in [6.07, 6.45) is 0. The van der Waals surface area contributed by atoms with Gasteiger partial charge < -0.3 is 14.7 Å². The van der Waals surface area contributed by atoms with Crippen molar-refractivity contribution >= 4 is 22.9 Å². The molecule has 0 aromatic carbocycles. The first-order valence-electron chi connectivity index (χ1n) is 7.16. The number of aromatic nitrogens is 3. The van der Waals surface area contributed by atoms with E-state index >= 15 is 0 Å². The number of ether oxygens (including phenoxy) is 1. The molecule has 1 N–H and O–H groups in total. The number of hydrogen-bond donors (Lipinski definition) is 1. The maximum absolute atomic E-state index is 12.9. The van der Waals surface area contributed by atoms with Crippen molar-refractivity contribution in [3.8, 4) is 0 Å². The van der Waals surface area contributed by atoms with Crippen LogP contribution < -0.4 is 0 Å². The maximum atomic E-state index is 12.9. The molecule has 0 spiro atoms. The van der Waals surface area contributed by atoms with Crippen molar-refractivity contribution in [3.63, 3.8) is 0 Å². The fourth-order valence-corrected chi connectivity index (χ4v) is 2.53. The molecular weight excluding hydrogens is 300 g/mol. The number of aliphatic carboxylic acids is 1. The fourth-order valence-electron chi connectivity index (χ4n) is 2.53. The van der Waals surface area contributed by atoms with Gasteiger partial charge in [0.05, 0.1) is 23.3 Å². The van der Waals surface area contributed by atoms with Crippen LogP contribution in [-0.4, -0.2) is 63.5 Å². The molecule has 0 saturated heterocycles. The molecule has 124 valence electrons. The molecule has 0 aliphatic rings. The Morgan fingerprint density at radius 2 is 2.09 bits per heavy atom. The van der Waals surface area contributed by atoms with E-state index in [4.69, 9.17) is 9.84 Å². The molecule has 8 nitrogen and oxygen atoms in total. The predicted molar refractivity (Wildman–Crippen MR) is 83.4 cm³/mol. The molecule has 0 fully saturated rings. The molecule has 0 aliphatic heterocycles. The summed E-state index contributed by atoms with van der Waals surface area (Å²) in [7, 11) is 3.26. The second-order valence-electron chi connectivity index (χ2n) is 5.33. The highest BCUT2D eigenvalue weighted by molar-refractivity contribution is 6.07. The van der Waals surface area contributed by atoms with Crippen LogP contribution in [0.2, 0.25) is 0 Å². The van der Waals surface area contributed by atoms with Crippen LogP contribution in [0.4, 0.5) is 0 Å². The lowest BCUT2D eigenvalue weighted by atomic mass is 10.1. The van der Waals surface area contributed by atoms with Gasteiger partial charge in [-0.1, -0.05) is 0 Å². The molecule has 8 heteroatoms. The van der Waals surface area contributed by atoms with Gasteiger partial charge in [0.2, 0.25) is 0 Å². The number of hydrogen-bond acceptors (Lipinski definition) is 5. The molecule has 0 radical (unpaired) electrons. The van der Waals surface area contributed by atoms with Crippen LogP contribution in [0, 0.1) is 13.8 Å². The Labute approximate surface area is 133 Å². The molecule has 2 aromatic heterocycles. The Hall–Kier alpha value is -2.48. The van der Waals surface area contributed by atoms with Gasteiger partial charge >= 0.3 is 5.97 Å². The number of fused-ring (bicyclic) bond motifs is 1. The summed E-state index contributed by atoms with van der Waals surface area (Å²) in [6.45, 7) is 3.66. The highest BCUT2D eigenvalue weighted by Gasteiger charge is 2.23. The van der Waals surface area contributed by atoms with Gasteiger partial charge in [-0.2, -0.15) is 5.10 Å². The minimum atomic E-state index is -1.07. The number of carboxylic acid groups (broad SMARTS) is 1. The van der Waals surface area contributed by atoms with E-state index < -0.39 is 5.97 Å². The minimum absolute atomic E-state index is 0.198. The molecule has 2 aromatic rings. The number of nitrogens with zero attached hydrogens (tertiary/aromatic N) is 4. The van der Waals surface area contributed by atoms with Crippen LogP contribution in [0.15, 0.2) is 6.07 Å². The molecule has 0 bridgehead atoms. The van der Waals surface area contributed by atoms with Gasteiger partial charge in [0.15, 0.2) is 5.65 Å². The normalized spacial score (nSPS) is 11.0. The monoisotopic (exact) mass is 320 g/mol. The Morgan fingerprint density at radius 1 is 1.39 bits per heavy atom. The lowest BCUT2D eigenvalue weighted by molar-refractivity contribution is -0.137. The third-order valence-corrected chi connectivity index (χ3v) is 3.51. The number of carbonyl (C=O) groups is 2. The van der Waals surface area contributed by atoms with Crippen LogP contribution >= 0.6 is 0 Å². The van der Waals surface area contributed by atoms with Gasteiger partial charge in [-0.3, -0.25) is 14.3 Å². The highest BCUT2D eigenvalue weighted by Crippen LogP contribution is 2.23. The second-order valence-corrected chi connectivity index (χ2v) is 5.33. The molecule has 0 atom stereocenters. The summed E-state index contributed by atoms with van der Waals surface area (Å²) < 4.78 is 6.58. The smallest absolute Gasteiger partial charge is 0.323 e. The number of carboxylic acids is 1. The topological polar surface area (TPSA) is 97.6 Å². The first-order valence-corrected chi connectivity index (χ1v) is 7.16. The van der Waals surface area contributed by atoms with Crippen molar-refractivity contribution < 1.29 is 19.4 Å². The summed E-state index contributed by atoms with van der Waals surface area (Å²) in [5, 5.41) is 14.0. The maximum Gasteiger partial charge on any atom is 0.323 e. The summed E-state index contributed by atoms with van der Waals surface area (Å²) in [6, 6.07) is 1.67. The molecule has 23 heavy (non-hydrogen) atoms. The number of methoxy groups -OCH3 is 1. The zero-order valence-electron chi connectivity index (χ0n) is 13.7. The summed E-state index contributed by atoms with van der Waals surface area (Å²) in [5.41, 5.74) is 2.37. The van der Waals surface area contributed by atoms with Gasteiger partial charge in [-0.05, 0) is 19.9 Å². The lowest BCUT2D eigenvalue weighted by Gasteiger charge is -2.21. The quantitative estimate of drug-likeness (QED) is 0.844. The first kappa shape index (κ1) is 16.9. The average molecular weight is 320 g/mol. The van der Waals surface area contributed by atoms with Crippen molar-refractivity contribution in [2.45, 2.75) is 13.8 Å². The third-order valence-electron chi connectivity index (χ3n) is 3.51. The Balaban J connectivity index is 2.51. The van der Waals surface area contributed by atoms with Crippen molar-refractivity contribution in [1.82, 2.24) is 19.7 Å². The minimum Gasteiger partial charge on any atom is -0.480 e. The van der Waals surface area contributed by atoms with Crippen LogP contribution in [0.25, 0.3) is 11.0 Å². The van der Waals surface area contributed by atoms with E-state index in [9.17, 15) is 9.59 Å². The zero-order valence-corrected chi connectivity index (χ0v) is 13.7. The Kier molecular flexibility index (Phi) is 4.95. The van der Waals surface area contributed by atoms with Crippen molar-refractivity contribution in [2.75, 3.05) is 26.8 Å². The molecular formula is C15H20N4O4. The van der Waals surface area contributed by atoms with E-state index in [0.717, 1.165) is 0 Å². The average Bonchev–Trinajstić information content (AvgIpc) is 2.76. The van der Waals surface area contributed by atoms with Gasteiger partial charge in [-0.25, -0.2) is 4.98 Å². The van der Waals surface area contributed by atoms with Crippen LogP contribution in [0.5, 0.6) is 0 Å². The van der Waals surface area contributed by atoms with E-state index in [1.54, 1.807) is 31.6 Å². The largest absolute Gasteiger partial charge is 0.480 e. The van der Waals surface area contributed by atoms with Crippen molar-refractivity contribution in [1.29, 1.82) is 0 Å². The van der Waals surface area contributed by atoms with Gasteiger partial charge in [0.25, 0.3) is 5.91 Å². The SMILES string of the molecule is COCCN(CC(=O)O)C(=O)c1cc(C)nc2c1c(C)nn2C. The van der Waals surface area contributed by atoms with Crippen molar-refractivity contribution in [2.24, 2.45) is 7.05 Å². The Bertz CT molecular complexity index is 754. The van der Waals surface area contributed by atoms with Crippen LogP contribution in [0.1, 0.15) is 21.7 Å². The molecule has 2 heterocycles. The fraction of sp³-hybridized carbons (Fsp3) is 0.467. The van der Waals surface area contributed by atoms with E-state index in [-0.39, 0.29) is 25.6 Å². The first-order chi connectivity index (χ1) is 10.8. The molecule has 0 unspecified atom stereocenters. The van der Waals surface area contributed by atoms with E-state index in [1.807, 2.05) is 0 Å². The van der Waals surface area contributed by atoms with Crippen LogP contribution in [0.3, 0.4) is 0 Å². The number of rotatable bonds is 6. The third kappa shape index (κ3) is 3.48. The summed E-state index contributed by atoms with van der Waals surface area (Å²) >= 11 is 0. The number of aryl methyl sites for hydroxylation is 3. The number of carbonyl (C=O) groups excluding carboxylic acids is 1. The highest BCUT2D eigenvalue weighted by atomic mass is 16.5. The number of amides is 1. The van der Waals surface area contributed by atoms with Gasteiger partial charge in [0.1, 0.15) is 6.54 Å². The molecule has 1 amide bonds.